The molecule has 6 nitrogen and oxygen atoms in total. The number of ether oxygens (including phenoxy) is 4. The van der Waals surface area contributed by atoms with Gasteiger partial charge in [-0.2, -0.15) is 0 Å². The second kappa shape index (κ2) is 11.0. The predicted octanol–water partition coefficient (Wildman–Crippen LogP) is 4.91. The van der Waals surface area contributed by atoms with E-state index in [4.69, 9.17) is 18.9 Å². The number of epoxide rings is 1. The Bertz CT molecular complexity index is 942. The summed E-state index contributed by atoms with van der Waals surface area (Å²) in [6.45, 7) is 12.4. The lowest BCUT2D eigenvalue weighted by molar-refractivity contribution is 0.0132. The molecule has 0 aliphatic carbocycles. The minimum Gasteiger partial charge on any atom is -0.488 e. The molecule has 4 atom stereocenters. The zero-order chi connectivity index (χ0) is 24.1. The highest BCUT2D eigenvalue weighted by Crippen LogP contribution is 2.43. The van der Waals surface area contributed by atoms with E-state index in [9.17, 15) is 4.79 Å². The van der Waals surface area contributed by atoms with Gasteiger partial charge in [-0.05, 0) is 41.0 Å². The minimum atomic E-state index is -0.197. The average Bonchev–Trinajstić information content (AvgIpc) is 3.35. The van der Waals surface area contributed by atoms with Gasteiger partial charge in [0.15, 0.2) is 0 Å². The molecule has 1 fully saturated rings. The smallest absolute Gasteiger partial charge is 0.238 e. The van der Waals surface area contributed by atoms with Gasteiger partial charge in [0.25, 0.3) is 0 Å². The number of allylic oxidation sites excluding steroid dienone is 5. The fraction of sp³-hybridized carbons (Fsp3) is 0.577. The molecule has 6 heteroatoms. The van der Waals surface area contributed by atoms with Crippen molar-refractivity contribution in [3.05, 3.63) is 56.9 Å². The molecule has 0 spiro atoms. The third-order valence-electron chi connectivity index (χ3n) is 6.36. The summed E-state index contributed by atoms with van der Waals surface area (Å²) < 4.78 is 21.9. The second-order valence-corrected chi connectivity index (χ2v) is 8.86. The molecule has 0 saturated carbocycles. The van der Waals surface area contributed by atoms with Crippen molar-refractivity contribution in [3.8, 4) is 11.6 Å². The van der Waals surface area contributed by atoms with Crippen LogP contribution in [0.1, 0.15) is 52.3 Å². The summed E-state index contributed by atoms with van der Waals surface area (Å²) in [6, 6.07) is 0. The summed E-state index contributed by atoms with van der Waals surface area (Å²) >= 11 is 0. The molecule has 2 rings (SSSR count). The van der Waals surface area contributed by atoms with E-state index in [0.717, 1.165) is 12.1 Å². The molecule has 1 aromatic heterocycles. The predicted molar refractivity (Wildman–Crippen MR) is 129 cm³/mol. The van der Waals surface area contributed by atoms with E-state index < -0.39 is 0 Å². The molecule has 0 aromatic carbocycles. The normalized spacial score (nSPS) is 23.3. The number of pyridine rings is 1. The van der Waals surface area contributed by atoms with E-state index >= 15 is 0 Å². The van der Waals surface area contributed by atoms with Gasteiger partial charge in [-0.3, -0.25) is 4.79 Å². The Morgan fingerprint density at radius 1 is 1.25 bits per heavy atom. The van der Waals surface area contributed by atoms with Crippen molar-refractivity contribution in [2.75, 3.05) is 21.3 Å². The summed E-state index contributed by atoms with van der Waals surface area (Å²) in [5.41, 5.74) is 3.55. The van der Waals surface area contributed by atoms with Crippen LogP contribution in [0, 0.1) is 12.8 Å². The van der Waals surface area contributed by atoms with Crippen LogP contribution < -0.4 is 14.9 Å². The number of H-pyrrole nitrogens is 1. The van der Waals surface area contributed by atoms with Crippen LogP contribution in [-0.2, 0) is 15.9 Å². The van der Waals surface area contributed by atoms with Crippen LogP contribution in [0.2, 0.25) is 0 Å². The van der Waals surface area contributed by atoms with Crippen molar-refractivity contribution in [2.24, 2.45) is 5.92 Å². The maximum atomic E-state index is 12.5. The van der Waals surface area contributed by atoms with Gasteiger partial charge >= 0.3 is 0 Å². The number of aromatic amines is 1. The summed E-state index contributed by atoms with van der Waals surface area (Å²) in [7, 11) is 4.74. The molecule has 178 valence electrons. The quantitative estimate of drug-likeness (QED) is 0.298. The van der Waals surface area contributed by atoms with Crippen molar-refractivity contribution in [2.45, 2.75) is 72.2 Å². The van der Waals surface area contributed by atoms with Gasteiger partial charge in [-0.1, -0.05) is 42.4 Å². The molecule has 0 bridgehead atoms. The van der Waals surface area contributed by atoms with Crippen LogP contribution >= 0.6 is 0 Å². The summed E-state index contributed by atoms with van der Waals surface area (Å²) in [6.07, 6.45) is 10.4. The van der Waals surface area contributed by atoms with E-state index in [-0.39, 0.29) is 34.9 Å². The molecule has 1 N–H and O–H groups in total. The molecule has 2 heterocycles. The Morgan fingerprint density at radius 3 is 2.44 bits per heavy atom. The topological polar surface area (TPSA) is 73.1 Å². The van der Waals surface area contributed by atoms with E-state index in [0.29, 0.717) is 17.9 Å². The van der Waals surface area contributed by atoms with Gasteiger partial charge < -0.3 is 23.9 Å². The highest BCUT2D eigenvalue weighted by atomic mass is 16.6. The van der Waals surface area contributed by atoms with Gasteiger partial charge in [-0.25, -0.2) is 0 Å². The molecular weight excluding hydrogens is 406 g/mol. The number of aromatic nitrogens is 1. The highest BCUT2D eigenvalue weighted by molar-refractivity contribution is 5.40. The maximum Gasteiger partial charge on any atom is 0.238 e. The van der Waals surface area contributed by atoms with Crippen molar-refractivity contribution >= 4 is 0 Å². The number of nitrogens with one attached hydrogen (secondary N) is 1. The average molecular weight is 446 g/mol. The van der Waals surface area contributed by atoms with Crippen molar-refractivity contribution < 1.29 is 18.9 Å². The molecule has 1 saturated heterocycles. The molecule has 0 amide bonds. The van der Waals surface area contributed by atoms with Crippen molar-refractivity contribution in [1.82, 2.24) is 4.98 Å². The Balaban J connectivity index is 2.00. The van der Waals surface area contributed by atoms with Crippen LogP contribution in [0.4, 0.5) is 0 Å². The zero-order valence-corrected chi connectivity index (χ0v) is 21.0. The van der Waals surface area contributed by atoms with Crippen LogP contribution in [-0.4, -0.2) is 44.1 Å². The van der Waals surface area contributed by atoms with Crippen molar-refractivity contribution in [1.29, 1.82) is 0 Å². The summed E-state index contributed by atoms with van der Waals surface area (Å²) in [4.78, 5) is 15.6. The largest absolute Gasteiger partial charge is 0.488 e. The molecule has 32 heavy (non-hydrogen) atoms. The van der Waals surface area contributed by atoms with Crippen LogP contribution in [0.15, 0.2) is 40.2 Å². The zero-order valence-electron chi connectivity index (χ0n) is 21.0. The molecule has 0 radical (unpaired) electrons. The highest BCUT2D eigenvalue weighted by Gasteiger charge is 2.56. The van der Waals surface area contributed by atoms with Gasteiger partial charge in [0.2, 0.25) is 17.1 Å². The van der Waals surface area contributed by atoms with E-state index in [1.54, 1.807) is 14.0 Å². The van der Waals surface area contributed by atoms with Gasteiger partial charge in [0, 0.05) is 30.7 Å². The van der Waals surface area contributed by atoms with E-state index in [1.165, 1.54) is 25.4 Å². The van der Waals surface area contributed by atoms with Gasteiger partial charge in [-0.15, -0.1) is 0 Å². The standard InChI is InChI=1S/C26H39NO5/c1-16(13-14-21-19(4)22(28)23(29-7)25(27-21)31-9)11-10-12-17(2)15-18(3)24(30-8)26(6)20(5)32-26/h10,12-13,15,18,20,24H,11,14H2,1-9H3,(H,27,28)/t18-,20-,24-,26+/m1/s1. The Labute approximate surface area is 192 Å². The summed E-state index contributed by atoms with van der Waals surface area (Å²) in [5, 5.41) is 0. The van der Waals surface area contributed by atoms with Crippen molar-refractivity contribution in [3.63, 3.8) is 0 Å². The van der Waals surface area contributed by atoms with Gasteiger partial charge in [0.1, 0.15) is 5.60 Å². The van der Waals surface area contributed by atoms with Crippen LogP contribution in [0.3, 0.4) is 0 Å². The minimum absolute atomic E-state index is 0.0364. The first-order valence-electron chi connectivity index (χ1n) is 11.1. The first kappa shape index (κ1) is 25.9. The first-order chi connectivity index (χ1) is 15.1. The lowest BCUT2D eigenvalue weighted by Gasteiger charge is -2.24. The third kappa shape index (κ3) is 5.93. The maximum absolute atomic E-state index is 12.5. The fourth-order valence-corrected chi connectivity index (χ4v) is 4.20. The first-order valence-corrected chi connectivity index (χ1v) is 11.1. The monoisotopic (exact) mass is 445 g/mol. The number of methoxy groups -OCH3 is 3. The lowest BCUT2D eigenvalue weighted by Crippen LogP contribution is -2.35. The molecule has 1 aliphatic rings. The van der Waals surface area contributed by atoms with E-state index in [1.807, 2.05) is 0 Å². The third-order valence-corrected chi connectivity index (χ3v) is 6.36. The number of hydrogen-bond donors (Lipinski definition) is 1. The number of rotatable bonds is 11. The van der Waals surface area contributed by atoms with Gasteiger partial charge in [0.05, 0.1) is 26.4 Å². The van der Waals surface area contributed by atoms with E-state index in [2.05, 4.69) is 63.9 Å². The Morgan fingerprint density at radius 2 is 1.91 bits per heavy atom. The molecule has 0 unspecified atom stereocenters. The second-order valence-electron chi connectivity index (χ2n) is 8.86. The molecule has 1 aliphatic heterocycles. The number of hydrogen-bond acceptors (Lipinski definition) is 5. The Hall–Kier alpha value is -2.31. The molecular formula is C26H39NO5. The lowest BCUT2D eigenvalue weighted by atomic mass is 9.89. The molecule has 1 aromatic rings. The SMILES string of the molecule is COc1[nH]c(CC=C(C)CC=CC(C)=C[C@@H](C)[C@@H](OC)[C@@]2(C)O[C@@H]2C)c(C)c(=O)c1OC. The summed E-state index contributed by atoms with van der Waals surface area (Å²) in [5.74, 6) is 0.815. The fourth-order valence-electron chi connectivity index (χ4n) is 4.20. The van der Waals surface area contributed by atoms with Crippen LogP contribution in [0.5, 0.6) is 11.6 Å². The van der Waals surface area contributed by atoms with Crippen LogP contribution in [0.25, 0.3) is 0 Å². The Kier molecular flexibility index (Phi) is 8.93.